The van der Waals surface area contributed by atoms with Crippen LogP contribution in [0.3, 0.4) is 0 Å². The number of carbonyl (C=O) groups excluding carboxylic acids is 1. The molecule has 19 heavy (non-hydrogen) atoms. The lowest BCUT2D eigenvalue weighted by Crippen LogP contribution is -2.07. The van der Waals surface area contributed by atoms with E-state index in [0.29, 0.717) is 0 Å². The molecule has 0 radical (unpaired) electrons. The van der Waals surface area contributed by atoms with E-state index in [2.05, 4.69) is 15.9 Å². The number of anilines is 1. The number of benzene rings is 1. The van der Waals surface area contributed by atoms with E-state index in [4.69, 9.17) is 0 Å². The summed E-state index contributed by atoms with van der Waals surface area (Å²) in [6.45, 7) is 0. The molecule has 0 N–H and O–H groups in total. The minimum atomic E-state index is 0.0346. The quantitative estimate of drug-likeness (QED) is 0.606. The van der Waals surface area contributed by atoms with Gasteiger partial charge in [0.2, 0.25) is 0 Å². The van der Waals surface area contributed by atoms with Gasteiger partial charge in [0.15, 0.2) is 5.78 Å². The third kappa shape index (κ3) is 3.78. The van der Waals surface area contributed by atoms with E-state index >= 15 is 0 Å². The Balaban J connectivity index is 2.08. The molecule has 0 saturated heterocycles. The van der Waals surface area contributed by atoms with E-state index in [1.165, 1.54) is 11.3 Å². The normalized spacial score (nSPS) is 10.9. The van der Waals surface area contributed by atoms with Crippen LogP contribution in [0.15, 0.2) is 46.3 Å². The van der Waals surface area contributed by atoms with Crippen LogP contribution >= 0.6 is 27.3 Å². The lowest BCUT2D eigenvalue weighted by atomic mass is 10.1. The molecule has 0 atom stereocenters. The van der Waals surface area contributed by atoms with Crippen molar-refractivity contribution < 1.29 is 4.79 Å². The first-order valence-electron chi connectivity index (χ1n) is 5.81. The summed E-state index contributed by atoms with van der Waals surface area (Å²) >= 11 is 4.80. The van der Waals surface area contributed by atoms with Crippen LogP contribution in [-0.4, -0.2) is 19.9 Å². The average molecular weight is 336 g/mol. The maximum absolute atomic E-state index is 11.9. The predicted molar refractivity (Wildman–Crippen MR) is 86.2 cm³/mol. The van der Waals surface area contributed by atoms with Crippen LogP contribution < -0.4 is 4.90 Å². The zero-order valence-corrected chi connectivity index (χ0v) is 13.2. The third-order valence-electron chi connectivity index (χ3n) is 2.65. The van der Waals surface area contributed by atoms with Crippen LogP contribution in [-0.2, 0) is 0 Å². The Morgan fingerprint density at radius 2 is 1.84 bits per heavy atom. The van der Waals surface area contributed by atoms with Crippen molar-refractivity contribution in [2.45, 2.75) is 0 Å². The molecule has 0 unspecified atom stereocenters. The summed E-state index contributed by atoms with van der Waals surface area (Å²) < 4.78 is 0.972. The van der Waals surface area contributed by atoms with E-state index < -0.39 is 0 Å². The highest BCUT2D eigenvalue weighted by Crippen LogP contribution is 2.23. The van der Waals surface area contributed by atoms with Gasteiger partial charge >= 0.3 is 0 Å². The molecule has 1 aromatic heterocycles. The molecule has 4 heteroatoms. The summed E-state index contributed by atoms with van der Waals surface area (Å²) in [7, 11) is 4.01. The molecule has 0 amide bonds. The summed E-state index contributed by atoms with van der Waals surface area (Å²) in [5, 5.41) is 0. The summed E-state index contributed by atoms with van der Waals surface area (Å²) in [5.41, 5.74) is 2.17. The monoisotopic (exact) mass is 335 g/mol. The Kier molecular flexibility index (Phi) is 4.56. The molecule has 0 aliphatic carbocycles. The number of hydrogen-bond acceptors (Lipinski definition) is 3. The lowest BCUT2D eigenvalue weighted by Gasteiger charge is -2.11. The highest BCUT2D eigenvalue weighted by atomic mass is 79.9. The largest absolute Gasteiger partial charge is 0.378 e. The van der Waals surface area contributed by atoms with E-state index in [1.807, 2.05) is 61.5 Å². The van der Waals surface area contributed by atoms with Gasteiger partial charge in [0.25, 0.3) is 0 Å². The number of thiophene rings is 1. The number of allylic oxidation sites excluding steroid dienone is 1. The van der Waals surface area contributed by atoms with E-state index in [9.17, 15) is 4.79 Å². The number of hydrogen-bond donors (Lipinski definition) is 0. The summed E-state index contributed by atoms with van der Waals surface area (Å²) in [6.07, 6.45) is 3.46. The van der Waals surface area contributed by atoms with Gasteiger partial charge in [-0.3, -0.25) is 4.79 Å². The standard InChI is InChI=1S/C15H14BrNOS/c1-17(2)12-6-3-11(4-7-12)5-8-13(18)14-9-10-15(16)19-14/h3-10H,1-2H3/b8-5+. The van der Waals surface area contributed by atoms with Gasteiger partial charge in [-0.1, -0.05) is 18.2 Å². The van der Waals surface area contributed by atoms with Gasteiger partial charge in [0.05, 0.1) is 8.66 Å². The first-order valence-corrected chi connectivity index (χ1v) is 7.42. The second-order valence-electron chi connectivity index (χ2n) is 4.29. The molecular formula is C15H14BrNOS. The fourth-order valence-corrected chi connectivity index (χ4v) is 2.89. The van der Waals surface area contributed by atoms with Gasteiger partial charge in [-0.15, -0.1) is 11.3 Å². The molecule has 2 aromatic rings. The van der Waals surface area contributed by atoms with Crippen LogP contribution in [0.1, 0.15) is 15.2 Å². The average Bonchev–Trinajstić information content (AvgIpc) is 2.83. The maximum Gasteiger partial charge on any atom is 0.195 e. The zero-order chi connectivity index (χ0) is 13.8. The molecule has 0 bridgehead atoms. The zero-order valence-electron chi connectivity index (χ0n) is 10.8. The molecule has 2 rings (SSSR count). The summed E-state index contributed by atoms with van der Waals surface area (Å²) in [5.74, 6) is 0.0346. The molecule has 0 saturated carbocycles. The van der Waals surface area contributed by atoms with Crippen molar-refractivity contribution >= 4 is 44.8 Å². The SMILES string of the molecule is CN(C)c1ccc(/C=C/C(=O)c2ccc(Br)s2)cc1. The van der Waals surface area contributed by atoms with Gasteiger partial charge in [-0.25, -0.2) is 0 Å². The van der Waals surface area contributed by atoms with Crippen LogP contribution in [0.5, 0.6) is 0 Å². The Hall–Kier alpha value is -1.39. The second kappa shape index (κ2) is 6.17. The minimum absolute atomic E-state index is 0.0346. The topological polar surface area (TPSA) is 20.3 Å². The van der Waals surface area contributed by atoms with Crippen LogP contribution in [0.4, 0.5) is 5.69 Å². The number of rotatable bonds is 4. The van der Waals surface area contributed by atoms with Crippen LogP contribution in [0, 0.1) is 0 Å². The molecule has 98 valence electrons. The Morgan fingerprint density at radius 1 is 1.16 bits per heavy atom. The van der Waals surface area contributed by atoms with Gasteiger partial charge < -0.3 is 4.90 Å². The maximum atomic E-state index is 11.9. The van der Waals surface area contributed by atoms with Gasteiger partial charge in [0, 0.05) is 19.8 Å². The van der Waals surface area contributed by atoms with Crippen molar-refractivity contribution in [3.05, 3.63) is 56.7 Å². The molecular weight excluding hydrogens is 322 g/mol. The van der Waals surface area contributed by atoms with Crippen LogP contribution in [0.2, 0.25) is 0 Å². The number of carbonyl (C=O) groups is 1. The Labute approximate surface area is 125 Å². The van der Waals surface area contributed by atoms with Crippen molar-refractivity contribution in [2.75, 3.05) is 19.0 Å². The Bertz CT molecular complexity index is 599. The molecule has 0 spiro atoms. The van der Waals surface area contributed by atoms with Gasteiger partial charge in [-0.05, 0) is 51.8 Å². The second-order valence-corrected chi connectivity index (χ2v) is 6.75. The Morgan fingerprint density at radius 3 is 2.37 bits per heavy atom. The number of ketones is 1. The molecule has 0 aliphatic rings. The van der Waals surface area contributed by atoms with Crippen molar-refractivity contribution in [3.8, 4) is 0 Å². The van der Waals surface area contributed by atoms with Crippen molar-refractivity contribution in [1.82, 2.24) is 0 Å². The van der Waals surface area contributed by atoms with E-state index in [1.54, 1.807) is 6.08 Å². The number of nitrogens with zero attached hydrogens (tertiary/aromatic N) is 1. The smallest absolute Gasteiger partial charge is 0.195 e. The summed E-state index contributed by atoms with van der Waals surface area (Å²) in [6, 6.07) is 11.8. The highest BCUT2D eigenvalue weighted by Gasteiger charge is 2.04. The van der Waals surface area contributed by atoms with E-state index in [0.717, 1.165) is 19.9 Å². The fraction of sp³-hybridized carbons (Fsp3) is 0.133. The first kappa shape index (κ1) is 14.0. The predicted octanol–water partition coefficient (Wildman–Crippen LogP) is 4.47. The van der Waals surface area contributed by atoms with E-state index in [-0.39, 0.29) is 5.78 Å². The van der Waals surface area contributed by atoms with Gasteiger partial charge in [-0.2, -0.15) is 0 Å². The van der Waals surface area contributed by atoms with Crippen molar-refractivity contribution in [1.29, 1.82) is 0 Å². The molecule has 0 fully saturated rings. The third-order valence-corrected chi connectivity index (χ3v) is 4.29. The highest BCUT2D eigenvalue weighted by molar-refractivity contribution is 9.11. The molecule has 0 aliphatic heterocycles. The molecule has 1 heterocycles. The fourth-order valence-electron chi connectivity index (χ4n) is 1.58. The van der Waals surface area contributed by atoms with Crippen molar-refractivity contribution in [3.63, 3.8) is 0 Å². The summed E-state index contributed by atoms with van der Waals surface area (Å²) in [4.78, 5) is 14.7. The lowest BCUT2D eigenvalue weighted by molar-refractivity contribution is 0.105. The minimum Gasteiger partial charge on any atom is -0.378 e. The van der Waals surface area contributed by atoms with Gasteiger partial charge in [0.1, 0.15) is 0 Å². The number of halogens is 1. The first-order chi connectivity index (χ1) is 9.06. The van der Waals surface area contributed by atoms with Crippen molar-refractivity contribution in [2.24, 2.45) is 0 Å². The molecule has 1 aromatic carbocycles. The van der Waals surface area contributed by atoms with Crippen LogP contribution in [0.25, 0.3) is 6.08 Å². The molecule has 2 nitrogen and oxygen atoms in total.